The van der Waals surface area contributed by atoms with E-state index < -0.39 is 11.9 Å². The topological polar surface area (TPSA) is 98.1 Å². The van der Waals surface area contributed by atoms with Crippen LogP contribution in [-0.2, 0) is 11.2 Å². The number of carbonyl (C=O) groups is 2. The number of hydrogen-bond donors (Lipinski definition) is 2. The second kappa shape index (κ2) is 4.59. The van der Waals surface area contributed by atoms with Gasteiger partial charge in [-0.15, -0.1) is 0 Å². The molecule has 0 unspecified atom stereocenters. The van der Waals surface area contributed by atoms with Gasteiger partial charge in [-0.1, -0.05) is 6.92 Å². The summed E-state index contributed by atoms with van der Waals surface area (Å²) in [7, 11) is 0. The van der Waals surface area contributed by atoms with E-state index in [1.54, 1.807) is 13.8 Å². The zero-order chi connectivity index (χ0) is 11.4. The Bertz CT molecular complexity index is 384. The fourth-order valence-electron chi connectivity index (χ4n) is 1.29. The van der Waals surface area contributed by atoms with Crippen molar-refractivity contribution < 1.29 is 14.3 Å². The minimum atomic E-state index is -0.654. The maximum atomic E-state index is 11.4. The number of ether oxygens (including phenoxy) is 1. The van der Waals surface area contributed by atoms with Crippen LogP contribution in [0.1, 0.15) is 40.4 Å². The molecule has 0 atom stereocenters. The van der Waals surface area contributed by atoms with Gasteiger partial charge in [0.15, 0.2) is 5.69 Å². The summed E-state index contributed by atoms with van der Waals surface area (Å²) in [5.41, 5.74) is 5.90. The molecule has 82 valence electrons. The van der Waals surface area contributed by atoms with Crippen LogP contribution in [0.3, 0.4) is 0 Å². The van der Waals surface area contributed by atoms with E-state index in [0.717, 1.165) is 0 Å². The molecule has 6 nitrogen and oxygen atoms in total. The van der Waals surface area contributed by atoms with Crippen molar-refractivity contribution in [2.45, 2.75) is 20.3 Å². The number of nitrogens with two attached hydrogens (primary N) is 1. The molecule has 1 aromatic heterocycles. The lowest BCUT2D eigenvalue weighted by atomic mass is 10.1. The molecule has 1 aromatic rings. The largest absolute Gasteiger partial charge is 0.461 e. The van der Waals surface area contributed by atoms with Crippen molar-refractivity contribution >= 4 is 11.9 Å². The van der Waals surface area contributed by atoms with E-state index in [9.17, 15) is 9.59 Å². The highest BCUT2D eigenvalue weighted by Crippen LogP contribution is 2.12. The standard InChI is InChI=1S/C9H13N3O3/c1-3-5-6(8(10)13)11-12-7(5)9(14)15-4-2/h3-4H2,1-2H3,(H2,10,13)(H,11,12). The van der Waals surface area contributed by atoms with E-state index in [1.807, 2.05) is 0 Å². The van der Waals surface area contributed by atoms with Gasteiger partial charge in [0.2, 0.25) is 0 Å². The molecular weight excluding hydrogens is 198 g/mol. The number of aromatic nitrogens is 2. The molecule has 0 aliphatic carbocycles. The molecule has 6 heteroatoms. The van der Waals surface area contributed by atoms with Gasteiger partial charge in [0, 0.05) is 5.56 Å². The molecule has 0 saturated carbocycles. The maximum absolute atomic E-state index is 11.4. The van der Waals surface area contributed by atoms with E-state index in [-0.39, 0.29) is 18.0 Å². The summed E-state index contributed by atoms with van der Waals surface area (Å²) in [5, 5.41) is 6.16. The van der Waals surface area contributed by atoms with E-state index in [1.165, 1.54) is 0 Å². The highest BCUT2D eigenvalue weighted by Gasteiger charge is 2.21. The number of hydrogen-bond acceptors (Lipinski definition) is 4. The number of nitrogens with one attached hydrogen (secondary N) is 1. The van der Waals surface area contributed by atoms with Gasteiger partial charge >= 0.3 is 5.97 Å². The van der Waals surface area contributed by atoms with Gasteiger partial charge in [-0.05, 0) is 13.3 Å². The highest BCUT2D eigenvalue weighted by atomic mass is 16.5. The smallest absolute Gasteiger partial charge is 0.356 e. The third kappa shape index (κ3) is 2.15. The van der Waals surface area contributed by atoms with Gasteiger partial charge in [0.25, 0.3) is 5.91 Å². The number of aromatic amines is 1. The first kappa shape index (κ1) is 11.2. The van der Waals surface area contributed by atoms with Gasteiger partial charge in [0.05, 0.1) is 6.61 Å². The number of amides is 1. The molecule has 1 amide bonds. The molecule has 0 aliphatic heterocycles. The van der Waals surface area contributed by atoms with Crippen LogP contribution in [0.25, 0.3) is 0 Å². The van der Waals surface area contributed by atoms with Gasteiger partial charge < -0.3 is 10.5 Å². The average Bonchev–Trinajstić information content (AvgIpc) is 2.61. The molecule has 1 heterocycles. The van der Waals surface area contributed by atoms with E-state index >= 15 is 0 Å². The summed E-state index contributed by atoms with van der Waals surface area (Å²) >= 11 is 0. The van der Waals surface area contributed by atoms with Crippen LogP contribution < -0.4 is 5.73 Å². The van der Waals surface area contributed by atoms with Crippen LogP contribution in [-0.4, -0.2) is 28.7 Å². The van der Waals surface area contributed by atoms with Crippen LogP contribution in [0.2, 0.25) is 0 Å². The predicted octanol–water partition coefficient (Wildman–Crippen LogP) is 0.248. The lowest BCUT2D eigenvalue weighted by molar-refractivity contribution is 0.0518. The molecular formula is C9H13N3O3. The van der Waals surface area contributed by atoms with Crippen LogP contribution in [0.5, 0.6) is 0 Å². The van der Waals surface area contributed by atoms with Crippen LogP contribution >= 0.6 is 0 Å². The second-order valence-electron chi connectivity index (χ2n) is 2.86. The number of primary amides is 1. The fourth-order valence-corrected chi connectivity index (χ4v) is 1.29. The van der Waals surface area contributed by atoms with Crippen molar-refractivity contribution in [2.75, 3.05) is 6.61 Å². The van der Waals surface area contributed by atoms with Crippen molar-refractivity contribution in [1.29, 1.82) is 0 Å². The minimum Gasteiger partial charge on any atom is -0.461 e. The molecule has 0 bridgehead atoms. The lowest BCUT2D eigenvalue weighted by Gasteiger charge is -2.01. The van der Waals surface area contributed by atoms with Gasteiger partial charge in [-0.2, -0.15) is 5.10 Å². The molecule has 0 saturated heterocycles. The first-order valence-corrected chi connectivity index (χ1v) is 4.65. The van der Waals surface area contributed by atoms with Gasteiger partial charge in [-0.3, -0.25) is 9.89 Å². The molecule has 0 fully saturated rings. The Morgan fingerprint density at radius 3 is 2.60 bits per heavy atom. The Balaban J connectivity index is 3.09. The average molecular weight is 211 g/mol. The molecule has 0 spiro atoms. The van der Waals surface area contributed by atoms with Crippen molar-refractivity contribution in [2.24, 2.45) is 5.73 Å². The Morgan fingerprint density at radius 1 is 1.47 bits per heavy atom. The number of H-pyrrole nitrogens is 1. The van der Waals surface area contributed by atoms with Crippen LogP contribution in [0.15, 0.2) is 0 Å². The highest BCUT2D eigenvalue weighted by molar-refractivity contribution is 5.97. The zero-order valence-electron chi connectivity index (χ0n) is 8.66. The molecule has 1 rings (SSSR count). The summed E-state index contributed by atoms with van der Waals surface area (Å²) < 4.78 is 4.80. The minimum absolute atomic E-state index is 0.0977. The maximum Gasteiger partial charge on any atom is 0.356 e. The van der Waals surface area contributed by atoms with Crippen molar-refractivity contribution in [3.8, 4) is 0 Å². The van der Waals surface area contributed by atoms with Crippen LogP contribution in [0, 0.1) is 0 Å². The third-order valence-corrected chi connectivity index (χ3v) is 1.93. The predicted molar refractivity (Wildman–Crippen MR) is 52.4 cm³/mol. The van der Waals surface area contributed by atoms with Gasteiger partial charge in [-0.25, -0.2) is 4.79 Å². The quantitative estimate of drug-likeness (QED) is 0.697. The number of nitrogens with zero attached hydrogens (tertiary/aromatic N) is 1. The lowest BCUT2D eigenvalue weighted by Crippen LogP contribution is -2.14. The van der Waals surface area contributed by atoms with Crippen molar-refractivity contribution in [3.05, 3.63) is 17.0 Å². The first-order chi connectivity index (χ1) is 7.11. The molecule has 0 aliphatic rings. The normalized spacial score (nSPS) is 10.0. The van der Waals surface area contributed by atoms with Gasteiger partial charge in [0.1, 0.15) is 5.69 Å². The number of esters is 1. The van der Waals surface area contributed by atoms with E-state index in [0.29, 0.717) is 12.0 Å². The Hall–Kier alpha value is -1.85. The SMILES string of the molecule is CCOC(=O)c1[nH]nc(C(N)=O)c1CC. The zero-order valence-corrected chi connectivity index (χ0v) is 8.66. The molecule has 0 aromatic carbocycles. The van der Waals surface area contributed by atoms with E-state index in [2.05, 4.69) is 10.2 Å². The summed E-state index contributed by atoms with van der Waals surface area (Å²) in [4.78, 5) is 22.4. The summed E-state index contributed by atoms with van der Waals surface area (Å²) in [6, 6.07) is 0. The van der Waals surface area contributed by atoms with Crippen molar-refractivity contribution in [1.82, 2.24) is 10.2 Å². The van der Waals surface area contributed by atoms with Crippen LogP contribution in [0.4, 0.5) is 0 Å². The first-order valence-electron chi connectivity index (χ1n) is 4.65. The van der Waals surface area contributed by atoms with E-state index in [4.69, 9.17) is 10.5 Å². The van der Waals surface area contributed by atoms with Crippen molar-refractivity contribution in [3.63, 3.8) is 0 Å². The third-order valence-electron chi connectivity index (χ3n) is 1.93. The monoisotopic (exact) mass is 211 g/mol. The Labute approximate surface area is 86.8 Å². The Kier molecular flexibility index (Phi) is 3.43. The molecule has 15 heavy (non-hydrogen) atoms. The second-order valence-corrected chi connectivity index (χ2v) is 2.86. The summed E-state index contributed by atoms with van der Waals surface area (Å²) in [6.45, 7) is 3.78. The number of rotatable bonds is 4. The Morgan fingerprint density at radius 2 is 2.13 bits per heavy atom. The number of carbonyl (C=O) groups excluding carboxylic acids is 2. The molecule has 3 N–H and O–H groups in total. The molecule has 0 radical (unpaired) electrons. The summed E-state index contributed by atoms with van der Waals surface area (Å²) in [5.74, 6) is -1.17. The summed E-state index contributed by atoms with van der Waals surface area (Å²) in [6.07, 6.45) is 0.489. The fraction of sp³-hybridized carbons (Fsp3) is 0.444.